The fourth-order valence-electron chi connectivity index (χ4n) is 6.10. The Bertz CT molecular complexity index is 891. The van der Waals surface area contributed by atoms with Gasteiger partial charge in [0.05, 0.1) is 0 Å². The lowest BCUT2D eigenvalue weighted by atomic mass is 10.1. The van der Waals surface area contributed by atoms with Crippen LogP contribution in [0.25, 0.3) is 0 Å². The van der Waals surface area contributed by atoms with Gasteiger partial charge in [-0.2, -0.15) is 0 Å². The summed E-state index contributed by atoms with van der Waals surface area (Å²) in [6.07, 6.45) is 45.5. The first-order valence-corrected chi connectivity index (χ1v) is 22.0. The minimum Gasteiger partial charge on any atom is -0.462 e. The van der Waals surface area contributed by atoms with E-state index in [1.165, 1.54) is 89.9 Å². The van der Waals surface area contributed by atoms with Gasteiger partial charge in [0.25, 0.3) is 0 Å². The molecule has 0 aliphatic rings. The second-order valence-electron chi connectivity index (χ2n) is 14.6. The van der Waals surface area contributed by atoms with Crippen LogP contribution < -0.4 is 0 Å². The van der Waals surface area contributed by atoms with Crippen LogP contribution >= 0.6 is 0 Å². The summed E-state index contributed by atoms with van der Waals surface area (Å²) in [7, 11) is 0. The fraction of sp³-hybridized carbons (Fsp3) is 0.804. The summed E-state index contributed by atoms with van der Waals surface area (Å²) < 4.78 is 16.6. The number of allylic oxidation sites excluding steroid dienone is 6. The van der Waals surface area contributed by atoms with E-state index < -0.39 is 6.10 Å². The van der Waals surface area contributed by atoms with Gasteiger partial charge in [-0.15, -0.1) is 0 Å². The minimum absolute atomic E-state index is 0.0766. The number of carbonyl (C=O) groups is 3. The second-order valence-corrected chi connectivity index (χ2v) is 14.6. The maximum atomic E-state index is 12.7. The standard InChI is InChI=1S/C46H82O6/c1-4-7-10-13-16-19-21-22-23-25-27-30-33-36-39-45(48)51-42-43(41-50-44(47)38-35-32-29-26-18-15-12-9-6-3)52-46(49)40-37-34-31-28-24-20-17-14-11-8-5-2/h7,10,16,19,22-23,43H,4-6,8-9,11-15,17-18,20-21,24-42H2,1-3H3/b10-7-,19-16-,23-22-. The molecule has 0 aliphatic carbocycles. The lowest BCUT2D eigenvalue weighted by molar-refractivity contribution is -0.167. The first kappa shape index (κ1) is 49.6. The van der Waals surface area contributed by atoms with Crippen LogP contribution in [0.3, 0.4) is 0 Å². The average molecular weight is 731 g/mol. The van der Waals surface area contributed by atoms with Crippen molar-refractivity contribution in [3.8, 4) is 0 Å². The molecule has 0 radical (unpaired) electrons. The summed E-state index contributed by atoms with van der Waals surface area (Å²) in [6.45, 7) is 6.47. The third-order valence-electron chi connectivity index (χ3n) is 9.41. The molecule has 0 N–H and O–H groups in total. The number of unbranched alkanes of at least 4 members (excludes halogenated alkanes) is 22. The van der Waals surface area contributed by atoms with Crippen molar-refractivity contribution in [2.75, 3.05) is 13.2 Å². The van der Waals surface area contributed by atoms with Gasteiger partial charge in [-0.1, -0.05) is 186 Å². The average Bonchev–Trinajstić information content (AvgIpc) is 3.14. The van der Waals surface area contributed by atoms with Crippen LogP contribution in [0, 0.1) is 0 Å². The van der Waals surface area contributed by atoms with Crippen molar-refractivity contribution >= 4 is 17.9 Å². The van der Waals surface area contributed by atoms with Crippen LogP contribution in [-0.4, -0.2) is 37.2 Å². The van der Waals surface area contributed by atoms with Gasteiger partial charge in [0.1, 0.15) is 13.2 Å². The van der Waals surface area contributed by atoms with Gasteiger partial charge >= 0.3 is 17.9 Å². The molecule has 0 rings (SSSR count). The maximum absolute atomic E-state index is 12.7. The zero-order chi connectivity index (χ0) is 38.0. The molecule has 0 saturated carbocycles. The van der Waals surface area contributed by atoms with Gasteiger partial charge in [0.2, 0.25) is 0 Å². The van der Waals surface area contributed by atoms with Crippen molar-refractivity contribution in [1.82, 2.24) is 0 Å². The Morgan fingerprint density at radius 2 is 0.750 bits per heavy atom. The van der Waals surface area contributed by atoms with Gasteiger partial charge < -0.3 is 14.2 Å². The molecule has 6 heteroatoms. The van der Waals surface area contributed by atoms with E-state index in [2.05, 4.69) is 57.2 Å². The van der Waals surface area contributed by atoms with Crippen molar-refractivity contribution in [3.05, 3.63) is 36.5 Å². The Morgan fingerprint density at radius 1 is 0.404 bits per heavy atom. The van der Waals surface area contributed by atoms with Crippen molar-refractivity contribution in [1.29, 1.82) is 0 Å². The SMILES string of the molecule is CC/C=C\C/C=C\C/C=C\CCCCCCC(=O)OCC(COC(=O)CCCCCCCCCCC)OC(=O)CCCCCCCCCCCCC. The van der Waals surface area contributed by atoms with Gasteiger partial charge in [-0.3, -0.25) is 14.4 Å². The Hall–Kier alpha value is -2.37. The molecule has 0 spiro atoms. The van der Waals surface area contributed by atoms with E-state index in [1.54, 1.807) is 0 Å². The fourth-order valence-corrected chi connectivity index (χ4v) is 6.10. The van der Waals surface area contributed by atoms with Crippen molar-refractivity contribution in [2.24, 2.45) is 0 Å². The van der Waals surface area contributed by atoms with Gasteiger partial charge in [-0.25, -0.2) is 0 Å². The summed E-state index contributed by atoms with van der Waals surface area (Å²) in [6, 6.07) is 0. The van der Waals surface area contributed by atoms with Crippen LogP contribution in [0.2, 0.25) is 0 Å². The summed E-state index contributed by atoms with van der Waals surface area (Å²) in [5.41, 5.74) is 0. The Kier molecular flexibility index (Phi) is 39.5. The Labute approximate surface area is 321 Å². The van der Waals surface area contributed by atoms with Crippen LogP contribution in [0.1, 0.15) is 220 Å². The van der Waals surface area contributed by atoms with Gasteiger partial charge in [0, 0.05) is 19.3 Å². The molecule has 6 nitrogen and oxygen atoms in total. The summed E-state index contributed by atoms with van der Waals surface area (Å²) in [5, 5.41) is 0. The molecule has 302 valence electrons. The van der Waals surface area contributed by atoms with E-state index in [0.29, 0.717) is 19.3 Å². The van der Waals surface area contributed by atoms with Crippen molar-refractivity contribution in [2.45, 2.75) is 226 Å². The predicted molar refractivity (Wildman–Crippen MR) is 219 cm³/mol. The number of ether oxygens (including phenoxy) is 3. The number of rotatable bonds is 39. The molecule has 0 fully saturated rings. The molecule has 52 heavy (non-hydrogen) atoms. The lowest BCUT2D eigenvalue weighted by Gasteiger charge is -2.18. The smallest absolute Gasteiger partial charge is 0.306 e. The zero-order valence-corrected chi connectivity index (χ0v) is 34.3. The highest BCUT2D eigenvalue weighted by atomic mass is 16.6. The summed E-state index contributed by atoms with van der Waals surface area (Å²) in [5.74, 6) is -0.902. The molecule has 1 unspecified atom stereocenters. The molecule has 0 saturated heterocycles. The third-order valence-corrected chi connectivity index (χ3v) is 9.41. The number of carbonyl (C=O) groups excluding carboxylic acids is 3. The normalized spacial score (nSPS) is 12.3. The second kappa shape index (κ2) is 41.4. The van der Waals surface area contributed by atoms with E-state index in [4.69, 9.17) is 14.2 Å². The molecule has 1 atom stereocenters. The van der Waals surface area contributed by atoms with Crippen LogP contribution in [0.4, 0.5) is 0 Å². The molecule has 0 aromatic rings. The molecule has 0 heterocycles. The van der Waals surface area contributed by atoms with Crippen LogP contribution in [-0.2, 0) is 28.6 Å². The molecule has 0 aromatic carbocycles. The number of hydrogen-bond donors (Lipinski definition) is 0. The van der Waals surface area contributed by atoms with Crippen molar-refractivity contribution in [3.63, 3.8) is 0 Å². The Morgan fingerprint density at radius 3 is 1.17 bits per heavy atom. The Balaban J connectivity index is 4.38. The molecular weight excluding hydrogens is 648 g/mol. The first-order valence-electron chi connectivity index (χ1n) is 22.0. The van der Waals surface area contributed by atoms with E-state index >= 15 is 0 Å². The van der Waals surface area contributed by atoms with Crippen molar-refractivity contribution < 1.29 is 28.6 Å². The highest BCUT2D eigenvalue weighted by molar-refractivity contribution is 5.71. The molecule has 0 amide bonds. The first-order chi connectivity index (χ1) is 25.5. The van der Waals surface area contributed by atoms with E-state index in [9.17, 15) is 14.4 Å². The maximum Gasteiger partial charge on any atom is 0.306 e. The highest BCUT2D eigenvalue weighted by Gasteiger charge is 2.19. The lowest BCUT2D eigenvalue weighted by Crippen LogP contribution is -2.30. The third kappa shape index (κ3) is 38.9. The highest BCUT2D eigenvalue weighted by Crippen LogP contribution is 2.14. The molecule has 0 aromatic heterocycles. The van der Waals surface area contributed by atoms with Crippen LogP contribution in [0.5, 0.6) is 0 Å². The zero-order valence-electron chi connectivity index (χ0n) is 34.3. The summed E-state index contributed by atoms with van der Waals surface area (Å²) in [4.78, 5) is 37.6. The molecule has 0 bridgehead atoms. The number of esters is 3. The van der Waals surface area contributed by atoms with Gasteiger partial charge in [0.15, 0.2) is 6.10 Å². The molecular formula is C46H82O6. The molecule has 0 aliphatic heterocycles. The monoisotopic (exact) mass is 731 g/mol. The topological polar surface area (TPSA) is 78.9 Å². The number of hydrogen-bond acceptors (Lipinski definition) is 6. The van der Waals surface area contributed by atoms with Gasteiger partial charge in [-0.05, 0) is 51.4 Å². The van der Waals surface area contributed by atoms with E-state index in [-0.39, 0.29) is 31.1 Å². The van der Waals surface area contributed by atoms with E-state index in [1.807, 2.05) is 0 Å². The predicted octanol–water partition coefficient (Wildman–Crippen LogP) is 13.8. The largest absolute Gasteiger partial charge is 0.462 e. The van der Waals surface area contributed by atoms with Crippen LogP contribution in [0.15, 0.2) is 36.5 Å². The quantitative estimate of drug-likeness (QED) is 0.0271. The van der Waals surface area contributed by atoms with E-state index in [0.717, 1.165) is 89.9 Å². The summed E-state index contributed by atoms with van der Waals surface area (Å²) >= 11 is 0. The minimum atomic E-state index is -0.773.